The molecule has 2 nitrogen and oxygen atoms in total. The summed E-state index contributed by atoms with van der Waals surface area (Å²) in [6.45, 7) is 2.09. The van der Waals surface area contributed by atoms with E-state index in [0.717, 1.165) is 19.1 Å². The molecule has 1 saturated carbocycles. The third kappa shape index (κ3) is 1.47. The van der Waals surface area contributed by atoms with E-state index in [0.29, 0.717) is 5.92 Å². The molecule has 0 amide bonds. The average molecular weight is 164 g/mol. The molecule has 0 aromatic heterocycles. The first-order valence-electron chi connectivity index (χ1n) is 5.04. The van der Waals surface area contributed by atoms with Gasteiger partial charge in [0.05, 0.1) is 12.0 Å². The molecular formula is C10H16N2. The Balaban J connectivity index is 1.76. The standard InChI is InChI=1S/C10H16N2/c11-6-9-7-12(8-9)10-4-2-1-3-5-10/h9-10H,1-5,7-8H2. The van der Waals surface area contributed by atoms with Gasteiger partial charge in [-0.2, -0.15) is 5.26 Å². The monoisotopic (exact) mass is 164 g/mol. The SMILES string of the molecule is N#CC1CN(C2CCCCC2)C1. The predicted molar refractivity (Wildman–Crippen MR) is 47.5 cm³/mol. The normalized spacial score (nSPS) is 27.9. The van der Waals surface area contributed by atoms with Crippen LogP contribution in [0.3, 0.4) is 0 Å². The largest absolute Gasteiger partial charge is 0.298 e. The van der Waals surface area contributed by atoms with E-state index in [1.165, 1.54) is 32.1 Å². The van der Waals surface area contributed by atoms with Gasteiger partial charge in [0.2, 0.25) is 0 Å². The molecule has 1 aliphatic carbocycles. The quantitative estimate of drug-likeness (QED) is 0.590. The van der Waals surface area contributed by atoms with Gasteiger partial charge in [-0.1, -0.05) is 19.3 Å². The van der Waals surface area contributed by atoms with E-state index >= 15 is 0 Å². The van der Waals surface area contributed by atoms with E-state index in [2.05, 4.69) is 11.0 Å². The molecule has 66 valence electrons. The van der Waals surface area contributed by atoms with Gasteiger partial charge in [-0.25, -0.2) is 0 Å². The van der Waals surface area contributed by atoms with Crippen LogP contribution in [-0.4, -0.2) is 24.0 Å². The van der Waals surface area contributed by atoms with Gasteiger partial charge in [0, 0.05) is 19.1 Å². The van der Waals surface area contributed by atoms with Crippen LogP contribution in [0, 0.1) is 17.2 Å². The second kappa shape index (κ2) is 3.45. The molecule has 12 heavy (non-hydrogen) atoms. The minimum Gasteiger partial charge on any atom is -0.298 e. The van der Waals surface area contributed by atoms with Crippen LogP contribution < -0.4 is 0 Å². The van der Waals surface area contributed by atoms with Gasteiger partial charge < -0.3 is 0 Å². The van der Waals surface area contributed by atoms with E-state index in [1.54, 1.807) is 0 Å². The van der Waals surface area contributed by atoms with Crippen molar-refractivity contribution in [2.45, 2.75) is 38.1 Å². The molecule has 0 radical (unpaired) electrons. The Morgan fingerprint density at radius 2 is 1.75 bits per heavy atom. The van der Waals surface area contributed by atoms with Gasteiger partial charge in [0.25, 0.3) is 0 Å². The lowest BCUT2D eigenvalue weighted by atomic mass is 9.89. The van der Waals surface area contributed by atoms with Crippen molar-refractivity contribution in [3.63, 3.8) is 0 Å². The van der Waals surface area contributed by atoms with Crippen LogP contribution >= 0.6 is 0 Å². The van der Waals surface area contributed by atoms with E-state index in [-0.39, 0.29) is 0 Å². The maximum Gasteiger partial charge on any atom is 0.0717 e. The first-order chi connectivity index (χ1) is 5.90. The van der Waals surface area contributed by atoms with Crippen LogP contribution in [0.15, 0.2) is 0 Å². The Kier molecular flexibility index (Phi) is 2.32. The van der Waals surface area contributed by atoms with Crippen LogP contribution in [0.5, 0.6) is 0 Å². The zero-order valence-corrected chi connectivity index (χ0v) is 7.50. The zero-order valence-electron chi connectivity index (χ0n) is 7.50. The molecule has 0 aromatic carbocycles. The molecule has 1 heterocycles. The second-order valence-corrected chi connectivity index (χ2v) is 4.07. The Bertz CT molecular complexity index is 183. The van der Waals surface area contributed by atoms with E-state index in [1.807, 2.05) is 0 Å². The number of hydrogen-bond acceptors (Lipinski definition) is 2. The van der Waals surface area contributed by atoms with Gasteiger partial charge in [0.1, 0.15) is 0 Å². The highest BCUT2D eigenvalue weighted by Gasteiger charge is 2.32. The second-order valence-electron chi connectivity index (χ2n) is 4.07. The highest BCUT2D eigenvalue weighted by molar-refractivity contribution is 4.97. The summed E-state index contributed by atoms with van der Waals surface area (Å²) in [6, 6.07) is 3.15. The Morgan fingerprint density at radius 3 is 2.33 bits per heavy atom. The van der Waals surface area contributed by atoms with Crippen molar-refractivity contribution in [3.8, 4) is 6.07 Å². The Labute approximate surface area is 74.2 Å². The summed E-state index contributed by atoms with van der Waals surface area (Å²) in [4.78, 5) is 2.49. The van der Waals surface area contributed by atoms with Crippen LogP contribution in [0.4, 0.5) is 0 Å². The highest BCUT2D eigenvalue weighted by Crippen LogP contribution is 2.27. The predicted octanol–water partition coefficient (Wildman–Crippen LogP) is 1.77. The molecule has 0 unspecified atom stereocenters. The minimum atomic E-state index is 0.340. The fraction of sp³-hybridized carbons (Fsp3) is 0.900. The fourth-order valence-corrected chi connectivity index (χ4v) is 2.34. The van der Waals surface area contributed by atoms with Gasteiger partial charge in [-0.15, -0.1) is 0 Å². The first kappa shape index (κ1) is 8.07. The summed E-state index contributed by atoms with van der Waals surface area (Å²) in [7, 11) is 0. The molecule has 1 aliphatic heterocycles. The molecule has 0 spiro atoms. The number of likely N-dealkylation sites (tertiary alicyclic amines) is 1. The van der Waals surface area contributed by atoms with Crippen molar-refractivity contribution in [2.75, 3.05) is 13.1 Å². The maximum atomic E-state index is 8.63. The smallest absolute Gasteiger partial charge is 0.0717 e. The van der Waals surface area contributed by atoms with Crippen LogP contribution in [-0.2, 0) is 0 Å². The van der Waals surface area contributed by atoms with Gasteiger partial charge in [-0.05, 0) is 12.8 Å². The summed E-state index contributed by atoms with van der Waals surface area (Å²) in [5.41, 5.74) is 0. The molecule has 2 heteroatoms. The van der Waals surface area contributed by atoms with Crippen molar-refractivity contribution in [1.29, 1.82) is 5.26 Å². The van der Waals surface area contributed by atoms with Gasteiger partial charge in [0.15, 0.2) is 0 Å². The van der Waals surface area contributed by atoms with Crippen molar-refractivity contribution in [1.82, 2.24) is 4.90 Å². The van der Waals surface area contributed by atoms with Crippen LogP contribution in [0.2, 0.25) is 0 Å². The Hall–Kier alpha value is -0.550. The fourth-order valence-electron chi connectivity index (χ4n) is 2.34. The lowest BCUT2D eigenvalue weighted by Gasteiger charge is -2.43. The minimum absolute atomic E-state index is 0.340. The van der Waals surface area contributed by atoms with Crippen molar-refractivity contribution in [3.05, 3.63) is 0 Å². The third-order valence-corrected chi connectivity index (χ3v) is 3.18. The molecule has 0 bridgehead atoms. The van der Waals surface area contributed by atoms with E-state index < -0.39 is 0 Å². The molecule has 0 N–H and O–H groups in total. The summed E-state index contributed by atoms with van der Waals surface area (Å²) in [6.07, 6.45) is 6.97. The lowest BCUT2D eigenvalue weighted by Crippen LogP contribution is -2.52. The molecule has 0 aromatic rings. The first-order valence-corrected chi connectivity index (χ1v) is 5.04. The molecule has 0 atom stereocenters. The number of nitriles is 1. The molecule has 2 fully saturated rings. The topological polar surface area (TPSA) is 27.0 Å². The van der Waals surface area contributed by atoms with E-state index in [9.17, 15) is 0 Å². The van der Waals surface area contributed by atoms with Gasteiger partial charge >= 0.3 is 0 Å². The van der Waals surface area contributed by atoms with Gasteiger partial charge in [-0.3, -0.25) is 4.90 Å². The van der Waals surface area contributed by atoms with Crippen molar-refractivity contribution in [2.24, 2.45) is 5.92 Å². The maximum absolute atomic E-state index is 8.63. The summed E-state index contributed by atoms with van der Waals surface area (Å²) >= 11 is 0. The van der Waals surface area contributed by atoms with Crippen molar-refractivity contribution < 1.29 is 0 Å². The molecular weight excluding hydrogens is 148 g/mol. The van der Waals surface area contributed by atoms with Crippen molar-refractivity contribution >= 4 is 0 Å². The molecule has 1 saturated heterocycles. The molecule has 2 rings (SSSR count). The Morgan fingerprint density at radius 1 is 1.08 bits per heavy atom. The average Bonchev–Trinajstić information content (AvgIpc) is 2.04. The highest BCUT2D eigenvalue weighted by atomic mass is 15.2. The number of nitrogens with zero attached hydrogens (tertiary/aromatic N) is 2. The zero-order chi connectivity index (χ0) is 8.39. The van der Waals surface area contributed by atoms with Crippen LogP contribution in [0.25, 0.3) is 0 Å². The number of rotatable bonds is 1. The summed E-state index contributed by atoms with van der Waals surface area (Å²) in [5, 5.41) is 8.63. The molecule has 2 aliphatic rings. The van der Waals surface area contributed by atoms with Crippen LogP contribution in [0.1, 0.15) is 32.1 Å². The summed E-state index contributed by atoms with van der Waals surface area (Å²) < 4.78 is 0. The van der Waals surface area contributed by atoms with E-state index in [4.69, 9.17) is 5.26 Å². The number of hydrogen-bond donors (Lipinski definition) is 0. The summed E-state index contributed by atoms with van der Waals surface area (Å²) in [5.74, 6) is 0.340. The third-order valence-electron chi connectivity index (χ3n) is 3.18. The lowest BCUT2D eigenvalue weighted by molar-refractivity contribution is 0.0594.